The lowest BCUT2D eigenvalue weighted by Gasteiger charge is -2.24. The van der Waals surface area contributed by atoms with Gasteiger partial charge in [-0.15, -0.1) is 5.10 Å². The van der Waals surface area contributed by atoms with Gasteiger partial charge in [-0.05, 0) is 35.2 Å². The zero-order chi connectivity index (χ0) is 6.97. The second-order valence-electron chi connectivity index (χ2n) is 2.61. The molecule has 54 valence electrons. The summed E-state index contributed by atoms with van der Waals surface area (Å²) in [4.78, 5) is 0. The summed E-state index contributed by atoms with van der Waals surface area (Å²) in [6.45, 7) is 0. The van der Waals surface area contributed by atoms with E-state index in [9.17, 15) is 0 Å². The van der Waals surface area contributed by atoms with Gasteiger partial charge in [-0.3, -0.25) is 0 Å². The predicted octanol–water partition coefficient (Wildman–Crippen LogP) is 1.77. The van der Waals surface area contributed by atoms with Gasteiger partial charge in [0.1, 0.15) is 4.60 Å². The van der Waals surface area contributed by atoms with Gasteiger partial charge in [-0.1, -0.05) is 5.21 Å². The molecular formula is C6H8BrN3. The largest absolute Gasteiger partial charge is 0.248 e. The highest BCUT2D eigenvalue weighted by atomic mass is 79.9. The molecule has 3 nitrogen and oxygen atoms in total. The molecule has 1 saturated carbocycles. The van der Waals surface area contributed by atoms with E-state index in [1.54, 1.807) is 0 Å². The van der Waals surface area contributed by atoms with Crippen molar-refractivity contribution in [3.63, 3.8) is 0 Å². The summed E-state index contributed by atoms with van der Waals surface area (Å²) in [5.74, 6) is 0. The number of hydrogen-bond donors (Lipinski definition) is 0. The number of aromatic nitrogens is 3. The van der Waals surface area contributed by atoms with Crippen LogP contribution >= 0.6 is 15.9 Å². The first-order valence-electron chi connectivity index (χ1n) is 3.43. The van der Waals surface area contributed by atoms with Crippen molar-refractivity contribution in [3.8, 4) is 0 Å². The van der Waals surface area contributed by atoms with Crippen molar-refractivity contribution in [1.29, 1.82) is 0 Å². The Hall–Kier alpha value is -0.380. The third-order valence-electron chi connectivity index (χ3n) is 1.93. The van der Waals surface area contributed by atoms with Gasteiger partial charge in [-0.2, -0.15) is 0 Å². The molecule has 0 aromatic carbocycles. The van der Waals surface area contributed by atoms with Crippen LogP contribution in [-0.4, -0.2) is 15.0 Å². The van der Waals surface area contributed by atoms with Crippen LogP contribution in [0.1, 0.15) is 25.3 Å². The average Bonchev–Trinajstić information content (AvgIpc) is 2.10. The van der Waals surface area contributed by atoms with Gasteiger partial charge < -0.3 is 0 Å². The molecule has 1 heterocycles. The van der Waals surface area contributed by atoms with Crippen molar-refractivity contribution >= 4 is 15.9 Å². The van der Waals surface area contributed by atoms with Crippen molar-refractivity contribution in [2.75, 3.05) is 0 Å². The van der Waals surface area contributed by atoms with E-state index < -0.39 is 0 Å². The van der Waals surface area contributed by atoms with Crippen LogP contribution in [-0.2, 0) is 0 Å². The van der Waals surface area contributed by atoms with Gasteiger partial charge in [0.2, 0.25) is 0 Å². The molecule has 1 fully saturated rings. The van der Waals surface area contributed by atoms with E-state index in [-0.39, 0.29) is 0 Å². The van der Waals surface area contributed by atoms with E-state index in [0.717, 1.165) is 4.60 Å². The molecule has 0 unspecified atom stereocenters. The molecule has 1 aromatic rings. The van der Waals surface area contributed by atoms with Gasteiger partial charge in [0.25, 0.3) is 0 Å². The monoisotopic (exact) mass is 201 g/mol. The fraction of sp³-hybridized carbons (Fsp3) is 0.667. The molecule has 0 bridgehead atoms. The van der Waals surface area contributed by atoms with Crippen LogP contribution in [0, 0.1) is 0 Å². The highest BCUT2D eigenvalue weighted by Gasteiger charge is 2.19. The molecule has 0 spiro atoms. The van der Waals surface area contributed by atoms with Gasteiger partial charge in [0.15, 0.2) is 0 Å². The van der Waals surface area contributed by atoms with E-state index in [0.29, 0.717) is 6.04 Å². The molecule has 2 rings (SSSR count). The summed E-state index contributed by atoms with van der Waals surface area (Å²) in [5, 5.41) is 7.81. The first-order chi connectivity index (χ1) is 4.86. The summed E-state index contributed by atoms with van der Waals surface area (Å²) in [6.07, 6.45) is 5.79. The Bertz CT molecular complexity index is 229. The van der Waals surface area contributed by atoms with E-state index in [1.807, 2.05) is 10.9 Å². The second kappa shape index (κ2) is 2.34. The maximum atomic E-state index is 3.96. The quantitative estimate of drug-likeness (QED) is 0.694. The molecule has 0 amide bonds. The van der Waals surface area contributed by atoms with Crippen LogP contribution in [0.2, 0.25) is 0 Å². The first kappa shape index (κ1) is 6.34. The van der Waals surface area contributed by atoms with Crippen LogP contribution in [0.4, 0.5) is 0 Å². The van der Waals surface area contributed by atoms with Crippen molar-refractivity contribution in [3.05, 3.63) is 10.8 Å². The Morgan fingerprint density at radius 2 is 2.40 bits per heavy atom. The maximum Gasteiger partial charge on any atom is 0.148 e. The molecule has 1 aromatic heterocycles. The van der Waals surface area contributed by atoms with Gasteiger partial charge >= 0.3 is 0 Å². The number of rotatable bonds is 1. The van der Waals surface area contributed by atoms with E-state index >= 15 is 0 Å². The van der Waals surface area contributed by atoms with Crippen molar-refractivity contribution in [1.82, 2.24) is 15.0 Å². The molecule has 0 aliphatic heterocycles. The molecule has 1 aliphatic carbocycles. The summed E-state index contributed by atoms with van der Waals surface area (Å²) < 4.78 is 2.77. The summed E-state index contributed by atoms with van der Waals surface area (Å²) >= 11 is 3.26. The van der Waals surface area contributed by atoms with Crippen molar-refractivity contribution in [2.24, 2.45) is 0 Å². The number of nitrogens with zero attached hydrogens (tertiary/aromatic N) is 3. The lowest BCUT2D eigenvalue weighted by molar-refractivity contribution is 0.284. The average molecular weight is 202 g/mol. The molecule has 0 saturated heterocycles. The van der Waals surface area contributed by atoms with Gasteiger partial charge in [0, 0.05) is 0 Å². The Morgan fingerprint density at radius 3 is 2.80 bits per heavy atom. The maximum absolute atomic E-state index is 3.96. The fourth-order valence-electron chi connectivity index (χ4n) is 1.08. The van der Waals surface area contributed by atoms with E-state index in [2.05, 4.69) is 26.2 Å². The van der Waals surface area contributed by atoms with Crippen LogP contribution in [0.25, 0.3) is 0 Å². The zero-order valence-corrected chi connectivity index (χ0v) is 7.08. The molecule has 0 N–H and O–H groups in total. The van der Waals surface area contributed by atoms with E-state index in [1.165, 1.54) is 19.3 Å². The minimum Gasteiger partial charge on any atom is -0.248 e. The lowest BCUT2D eigenvalue weighted by atomic mass is 9.93. The van der Waals surface area contributed by atoms with Crippen LogP contribution in [0.5, 0.6) is 0 Å². The summed E-state index contributed by atoms with van der Waals surface area (Å²) in [7, 11) is 0. The third kappa shape index (κ3) is 0.963. The van der Waals surface area contributed by atoms with Crippen molar-refractivity contribution in [2.45, 2.75) is 25.3 Å². The molecule has 0 atom stereocenters. The number of halogens is 1. The summed E-state index contributed by atoms with van der Waals surface area (Å²) in [6, 6.07) is 0.624. The third-order valence-corrected chi connectivity index (χ3v) is 2.29. The molecular weight excluding hydrogens is 194 g/mol. The van der Waals surface area contributed by atoms with Crippen LogP contribution in [0.3, 0.4) is 0 Å². The van der Waals surface area contributed by atoms with Gasteiger partial charge in [0.05, 0.1) is 12.2 Å². The minimum atomic E-state index is 0.624. The first-order valence-corrected chi connectivity index (χ1v) is 4.23. The van der Waals surface area contributed by atoms with Gasteiger partial charge in [-0.25, -0.2) is 4.68 Å². The predicted molar refractivity (Wildman–Crippen MR) is 40.6 cm³/mol. The molecule has 10 heavy (non-hydrogen) atoms. The molecule has 0 radical (unpaired) electrons. The Kier molecular flexibility index (Phi) is 1.48. The molecule has 1 aliphatic rings. The van der Waals surface area contributed by atoms with E-state index in [4.69, 9.17) is 0 Å². The molecule has 4 heteroatoms. The Labute approximate surface area is 67.5 Å². The highest BCUT2D eigenvalue weighted by molar-refractivity contribution is 9.10. The Morgan fingerprint density at radius 1 is 1.60 bits per heavy atom. The summed E-state index contributed by atoms with van der Waals surface area (Å²) in [5.41, 5.74) is 0. The fourth-order valence-corrected chi connectivity index (χ4v) is 1.37. The number of hydrogen-bond acceptors (Lipinski definition) is 2. The second-order valence-corrected chi connectivity index (χ2v) is 3.42. The lowest BCUT2D eigenvalue weighted by Crippen LogP contribution is -2.17. The zero-order valence-electron chi connectivity index (χ0n) is 5.50. The van der Waals surface area contributed by atoms with Crippen molar-refractivity contribution < 1.29 is 0 Å². The van der Waals surface area contributed by atoms with Crippen LogP contribution < -0.4 is 0 Å². The highest BCUT2D eigenvalue weighted by Crippen LogP contribution is 2.30. The SMILES string of the molecule is Brc1cn(C2CCC2)nn1. The van der Waals surface area contributed by atoms with Crippen LogP contribution in [0.15, 0.2) is 10.8 Å². The Balaban J connectivity index is 2.17. The normalized spacial score (nSPS) is 18.9. The minimum absolute atomic E-state index is 0.624. The standard InChI is InChI=1S/C6H8BrN3/c7-6-4-10(9-8-6)5-2-1-3-5/h4-5H,1-3H2. The smallest absolute Gasteiger partial charge is 0.148 e. The topological polar surface area (TPSA) is 30.7 Å².